The van der Waals surface area contributed by atoms with Crippen molar-refractivity contribution >= 4 is 11.8 Å². The van der Waals surface area contributed by atoms with E-state index in [0.717, 1.165) is 43.9 Å². The summed E-state index contributed by atoms with van der Waals surface area (Å²) in [7, 11) is 0. The van der Waals surface area contributed by atoms with Crippen molar-refractivity contribution in [3.8, 4) is 0 Å². The van der Waals surface area contributed by atoms with Gasteiger partial charge in [0.2, 0.25) is 0 Å². The van der Waals surface area contributed by atoms with Crippen molar-refractivity contribution in [2.24, 2.45) is 34.5 Å². The van der Waals surface area contributed by atoms with E-state index in [9.17, 15) is 9.59 Å². The first-order chi connectivity index (χ1) is 17.4. The Balaban J connectivity index is 1.16. The number of fused-ring (bicyclic) bond motifs is 5. The topological polar surface area (TPSA) is 43.4 Å². The minimum absolute atomic E-state index is 0.0568. The second-order valence-corrected chi connectivity index (χ2v) is 13.8. The zero-order valence-corrected chi connectivity index (χ0v) is 24.0. The van der Waals surface area contributed by atoms with Crippen molar-refractivity contribution in [2.45, 2.75) is 162 Å². The number of unbranched alkanes of at least 4 members (excludes halogenated alkanes) is 10. The van der Waals surface area contributed by atoms with Crippen molar-refractivity contribution in [1.29, 1.82) is 0 Å². The molecule has 0 amide bonds. The molecule has 3 nitrogen and oxygen atoms in total. The number of esters is 1. The number of carbonyl (C=O) groups excluding carboxylic acids is 2. The van der Waals surface area contributed by atoms with Crippen LogP contribution in [0.15, 0.2) is 0 Å². The summed E-state index contributed by atoms with van der Waals surface area (Å²) in [5.74, 6) is 3.42. The summed E-state index contributed by atoms with van der Waals surface area (Å²) in [5, 5.41) is 0. The molecule has 4 aliphatic rings. The van der Waals surface area contributed by atoms with Gasteiger partial charge in [0.25, 0.3) is 0 Å². The molecule has 36 heavy (non-hydrogen) atoms. The smallest absolute Gasteiger partial charge is 0.306 e. The molecule has 0 N–H and O–H groups in total. The first-order valence-corrected chi connectivity index (χ1v) is 16.1. The van der Waals surface area contributed by atoms with Crippen molar-refractivity contribution in [3.63, 3.8) is 0 Å². The third-order valence-electron chi connectivity index (χ3n) is 11.7. The Kier molecular flexibility index (Phi) is 10.0. The predicted octanol–water partition coefficient (Wildman–Crippen LogP) is 9.21. The van der Waals surface area contributed by atoms with Gasteiger partial charge in [-0.15, -0.1) is 0 Å². The van der Waals surface area contributed by atoms with E-state index in [1.807, 2.05) is 0 Å². The van der Waals surface area contributed by atoms with Crippen molar-refractivity contribution in [2.75, 3.05) is 0 Å². The Hall–Kier alpha value is -0.860. The summed E-state index contributed by atoms with van der Waals surface area (Å²) in [5.41, 5.74) is 0.531. The van der Waals surface area contributed by atoms with Crippen LogP contribution < -0.4 is 0 Å². The van der Waals surface area contributed by atoms with Gasteiger partial charge in [-0.25, -0.2) is 0 Å². The lowest BCUT2D eigenvalue weighted by atomic mass is 9.45. The molecule has 4 saturated carbocycles. The summed E-state index contributed by atoms with van der Waals surface area (Å²) >= 11 is 0. The third-order valence-corrected chi connectivity index (χ3v) is 11.7. The van der Waals surface area contributed by atoms with E-state index in [1.54, 1.807) is 0 Å². The Morgan fingerprint density at radius 3 is 2.11 bits per heavy atom. The van der Waals surface area contributed by atoms with E-state index in [2.05, 4.69) is 20.8 Å². The number of ether oxygens (including phenoxy) is 1. The van der Waals surface area contributed by atoms with Gasteiger partial charge in [-0.1, -0.05) is 85.0 Å². The largest absolute Gasteiger partial charge is 0.462 e. The molecule has 0 heterocycles. The van der Waals surface area contributed by atoms with Crippen LogP contribution in [0.2, 0.25) is 0 Å². The average Bonchev–Trinajstić information content (AvgIpc) is 3.19. The zero-order chi connectivity index (χ0) is 25.6. The molecule has 4 aliphatic carbocycles. The van der Waals surface area contributed by atoms with E-state index >= 15 is 0 Å². The highest BCUT2D eigenvalue weighted by molar-refractivity contribution is 5.79. The van der Waals surface area contributed by atoms with Crippen LogP contribution in [0.4, 0.5) is 0 Å². The number of ketones is 1. The molecule has 4 rings (SSSR count). The molecular formula is C33H56O3. The Morgan fingerprint density at radius 2 is 1.42 bits per heavy atom. The van der Waals surface area contributed by atoms with Gasteiger partial charge in [0.1, 0.15) is 11.9 Å². The van der Waals surface area contributed by atoms with Crippen LogP contribution in [0.25, 0.3) is 0 Å². The SMILES string of the molecule is CCCCCCCCCCCCCC(=O)O[C@H]1CC[C@H]2[C@@H]3CC[C@@H]4CC(=O)CC[C@]4(C)[C@H]3CC[C@]12C. The van der Waals surface area contributed by atoms with Crippen LogP contribution in [-0.4, -0.2) is 17.9 Å². The molecule has 0 spiro atoms. The predicted molar refractivity (Wildman–Crippen MR) is 148 cm³/mol. The second kappa shape index (κ2) is 12.8. The fourth-order valence-corrected chi connectivity index (χ4v) is 9.34. The highest BCUT2D eigenvalue weighted by Gasteiger charge is 2.61. The lowest BCUT2D eigenvalue weighted by Crippen LogP contribution is -2.54. The van der Waals surface area contributed by atoms with Crippen LogP contribution in [0.3, 0.4) is 0 Å². The molecule has 206 valence electrons. The molecule has 4 fully saturated rings. The van der Waals surface area contributed by atoms with Gasteiger partial charge in [0.15, 0.2) is 0 Å². The first kappa shape index (κ1) is 28.2. The van der Waals surface area contributed by atoms with E-state index in [1.165, 1.54) is 96.3 Å². The third kappa shape index (κ3) is 6.23. The highest BCUT2D eigenvalue weighted by atomic mass is 16.5. The van der Waals surface area contributed by atoms with Crippen LogP contribution in [0.5, 0.6) is 0 Å². The molecule has 0 aromatic heterocycles. The molecule has 0 radical (unpaired) electrons. The quantitative estimate of drug-likeness (QED) is 0.187. The van der Waals surface area contributed by atoms with Crippen molar-refractivity contribution < 1.29 is 14.3 Å². The van der Waals surface area contributed by atoms with Gasteiger partial charge >= 0.3 is 5.97 Å². The number of Topliss-reactive ketones (excluding diaryl/α,β-unsaturated/α-hetero) is 1. The molecule has 0 saturated heterocycles. The summed E-state index contributed by atoms with van der Waals surface area (Å²) < 4.78 is 6.22. The fraction of sp³-hybridized carbons (Fsp3) is 0.939. The Morgan fingerprint density at radius 1 is 0.778 bits per heavy atom. The Labute approximate surface area is 222 Å². The second-order valence-electron chi connectivity index (χ2n) is 13.8. The van der Waals surface area contributed by atoms with Crippen LogP contribution >= 0.6 is 0 Å². The van der Waals surface area contributed by atoms with Crippen LogP contribution in [0, 0.1) is 34.5 Å². The molecule has 0 unspecified atom stereocenters. The highest BCUT2D eigenvalue weighted by Crippen LogP contribution is 2.66. The van der Waals surface area contributed by atoms with Gasteiger partial charge in [-0.2, -0.15) is 0 Å². The fourth-order valence-electron chi connectivity index (χ4n) is 9.34. The van der Waals surface area contributed by atoms with Gasteiger partial charge in [-0.3, -0.25) is 9.59 Å². The molecule has 0 bridgehead atoms. The number of carbonyl (C=O) groups is 2. The molecule has 0 aromatic carbocycles. The van der Waals surface area contributed by atoms with E-state index in [0.29, 0.717) is 29.5 Å². The molecule has 7 atom stereocenters. The maximum atomic E-state index is 12.8. The van der Waals surface area contributed by atoms with Gasteiger partial charge in [0.05, 0.1) is 0 Å². The molecular weight excluding hydrogens is 444 g/mol. The van der Waals surface area contributed by atoms with Gasteiger partial charge in [0, 0.05) is 24.7 Å². The van der Waals surface area contributed by atoms with E-state index in [-0.39, 0.29) is 17.5 Å². The van der Waals surface area contributed by atoms with Gasteiger partial charge in [-0.05, 0) is 80.5 Å². The normalized spacial score (nSPS) is 37.8. The number of rotatable bonds is 13. The number of hydrogen-bond donors (Lipinski definition) is 0. The van der Waals surface area contributed by atoms with Crippen molar-refractivity contribution in [3.05, 3.63) is 0 Å². The summed E-state index contributed by atoms with van der Waals surface area (Å²) in [6, 6.07) is 0. The summed E-state index contributed by atoms with van der Waals surface area (Å²) in [6.45, 7) is 7.24. The summed E-state index contributed by atoms with van der Waals surface area (Å²) in [4.78, 5) is 24.9. The van der Waals surface area contributed by atoms with E-state index in [4.69, 9.17) is 4.74 Å². The lowest BCUT2D eigenvalue weighted by molar-refractivity contribution is -0.164. The van der Waals surface area contributed by atoms with E-state index < -0.39 is 0 Å². The Bertz CT molecular complexity index is 730. The average molecular weight is 501 g/mol. The summed E-state index contributed by atoms with van der Waals surface area (Å²) in [6.07, 6.45) is 25.2. The van der Waals surface area contributed by atoms with Crippen molar-refractivity contribution in [1.82, 2.24) is 0 Å². The molecule has 0 aromatic rings. The lowest BCUT2D eigenvalue weighted by Gasteiger charge is -2.60. The minimum atomic E-state index is 0.0568. The zero-order valence-electron chi connectivity index (χ0n) is 24.0. The molecule has 0 aliphatic heterocycles. The maximum Gasteiger partial charge on any atom is 0.306 e. The molecule has 3 heteroatoms. The first-order valence-electron chi connectivity index (χ1n) is 16.1. The monoisotopic (exact) mass is 500 g/mol. The maximum absolute atomic E-state index is 12.8. The van der Waals surface area contributed by atoms with Crippen LogP contribution in [0.1, 0.15) is 156 Å². The van der Waals surface area contributed by atoms with Gasteiger partial charge < -0.3 is 4.74 Å². The number of hydrogen-bond acceptors (Lipinski definition) is 3. The standard InChI is InChI=1S/C33H56O3/c1-4-5-6-7-8-9-10-11-12-13-14-15-31(35)36-30-19-18-28-27-17-16-25-24-26(34)20-22-32(25,2)29(27)21-23-33(28,30)3/h25,27-30H,4-24H2,1-3H3/t25-,27+,28+,29+,30+,32+,33+/m1/s1. The van der Waals surface area contributed by atoms with Crippen LogP contribution in [-0.2, 0) is 14.3 Å². The minimum Gasteiger partial charge on any atom is -0.462 e.